The van der Waals surface area contributed by atoms with Gasteiger partial charge in [-0.1, -0.05) is 18.2 Å². The lowest BCUT2D eigenvalue weighted by molar-refractivity contribution is 0.355. The molecule has 0 spiro atoms. The number of benzene rings is 2. The van der Waals surface area contributed by atoms with Gasteiger partial charge in [0.2, 0.25) is 0 Å². The summed E-state index contributed by atoms with van der Waals surface area (Å²) < 4.78 is 16.0. The predicted octanol–water partition coefficient (Wildman–Crippen LogP) is 4.92. The van der Waals surface area contributed by atoms with Crippen molar-refractivity contribution in [2.45, 2.75) is 0 Å². The van der Waals surface area contributed by atoms with Crippen molar-refractivity contribution in [1.29, 1.82) is 0 Å². The summed E-state index contributed by atoms with van der Waals surface area (Å²) in [6, 6.07) is 16.0. The number of hydrogen-bond acceptors (Lipinski definition) is 4. The number of aromatic amines is 1. The van der Waals surface area contributed by atoms with E-state index < -0.39 is 0 Å². The number of rotatable bonds is 5. The highest BCUT2D eigenvalue weighted by molar-refractivity contribution is 5.95. The minimum absolute atomic E-state index is 0.694. The number of ether oxygens (including phenoxy) is 3. The second-order valence-electron chi connectivity index (χ2n) is 6.12. The number of pyridine rings is 1. The number of H-pyrrole nitrogens is 1. The molecule has 5 heteroatoms. The van der Waals surface area contributed by atoms with E-state index in [1.165, 1.54) is 0 Å². The van der Waals surface area contributed by atoms with Crippen LogP contribution in [0.25, 0.3) is 33.3 Å². The summed E-state index contributed by atoms with van der Waals surface area (Å²) in [6.07, 6.45) is 3.84. The molecule has 0 fully saturated rings. The first-order valence-electron chi connectivity index (χ1n) is 8.57. The molecule has 5 nitrogen and oxygen atoms in total. The Morgan fingerprint density at radius 2 is 1.48 bits per heavy atom. The smallest absolute Gasteiger partial charge is 0.161 e. The molecule has 1 N–H and O–H groups in total. The van der Waals surface area contributed by atoms with Gasteiger partial charge in [0.05, 0.1) is 21.3 Å². The van der Waals surface area contributed by atoms with Crippen LogP contribution in [0.3, 0.4) is 0 Å². The van der Waals surface area contributed by atoms with E-state index in [-0.39, 0.29) is 0 Å². The average molecular weight is 360 g/mol. The van der Waals surface area contributed by atoms with Crippen molar-refractivity contribution in [3.8, 4) is 39.5 Å². The molecule has 0 aliphatic heterocycles. The predicted molar refractivity (Wildman–Crippen MR) is 107 cm³/mol. The lowest BCUT2D eigenvalue weighted by Crippen LogP contribution is -1.91. The Kier molecular flexibility index (Phi) is 4.42. The van der Waals surface area contributed by atoms with Crippen molar-refractivity contribution in [2.24, 2.45) is 0 Å². The summed E-state index contributed by atoms with van der Waals surface area (Å²) in [5, 5.41) is 1.06. The van der Waals surface area contributed by atoms with E-state index in [0.29, 0.717) is 11.5 Å². The summed E-state index contributed by atoms with van der Waals surface area (Å²) in [6.45, 7) is 0. The Labute approximate surface area is 157 Å². The lowest BCUT2D eigenvalue weighted by atomic mass is 10.0. The second-order valence-corrected chi connectivity index (χ2v) is 6.12. The third-order valence-corrected chi connectivity index (χ3v) is 4.65. The Balaban J connectivity index is 1.80. The Morgan fingerprint density at radius 1 is 0.741 bits per heavy atom. The molecule has 0 atom stereocenters. The van der Waals surface area contributed by atoms with Crippen LogP contribution >= 0.6 is 0 Å². The van der Waals surface area contributed by atoms with Crippen molar-refractivity contribution in [3.05, 3.63) is 60.9 Å². The molecule has 2 aromatic heterocycles. The topological polar surface area (TPSA) is 56.4 Å². The van der Waals surface area contributed by atoms with Gasteiger partial charge in [0, 0.05) is 28.9 Å². The van der Waals surface area contributed by atoms with E-state index in [4.69, 9.17) is 14.2 Å². The van der Waals surface area contributed by atoms with E-state index in [0.717, 1.165) is 39.0 Å². The Hall–Kier alpha value is -3.47. The third kappa shape index (κ3) is 3.08. The standard InChI is InChI=1S/C22H20N2O3/c1-25-17-7-4-14(5-8-17)19-13-24-22-18(19)10-16(12-23-22)15-6-9-20(26-2)21(11-15)27-3/h4-13H,1-3H3,(H,23,24). The zero-order valence-corrected chi connectivity index (χ0v) is 15.4. The molecule has 2 heterocycles. The van der Waals surface area contributed by atoms with Gasteiger partial charge in [-0.15, -0.1) is 0 Å². The number of hydrogen-bond donors (Lipinski definition) is 1. The van der Waals surface area contributed by atoms with Crippen molar-refractivity contribution in [1.82, 2.24) is 9.97 Å². The molecule has 0 aliphatic carbocycles. The van der Waals surface area contributed by atoms with Gasteiger partial charge in [-0.2, -0.15) is 0 Å². The zero-order valence-electron chi connectivity index (χ0n) is 15.4. The summed E-state index contributed by atoms with van der Waals surface area (Å²) in [4.78, 5) is 7.83. The van der Waals surface area contributed by atoms with E-state index in [2.05, 4.69) is 16.0 Å². The van der Waals surface area contributed by atoms with E-state index >= 15 is 0 Å². The fourth-order valence-corrected chi connectivity index (χ4v) is 3.19. The molecule has 2 aromatic carbocycles. The summed E-state index contributed by atoms with van der Waals surface area (Å²) >= 11 is 0. The molecule has 4 rings (SSSR count). The maximum absolute atomic E-state index is 5.42. The lowest BCUT2D eigenvalue weighted by Gasteiger charge is -2.10. The van der Waals surface area contributed by atoms with Crippen LogP contribution in [0.5, 0.6) is 17.2 Å². The van der Waals surface area contributed by atoms with Crippen LogP contribution in [0.4, 0.5) is 0 Å². The fourth-order valence-electron chi connectivity index (χ4n) is 3.19. The number of nitrogens with one attached hydrogen (secondary N) is 1. The quantitative estimate of drug-likeness (QED) is 0.549. The minimum Gasteiger partial charge on any atom is -0.497 e. The van der Waals surface area contributed by atoms with Crippen LogP contribution in [0.2, 0.25) is 0 Å². The van der Waals surface area contributed by atoms with Gasteiger partial charge in [-0.3, -0.25) is 0 Å². The van der Waals surface area contributed by atoms with Crippen LogP contribution in [-0.4, -0.2) is 31.3 Å². The minimum atomic E-state index is 0.694. The Bertz CT molecular complexity index is 1080. The Morgan fingerprint density at radius 3 is 2.19 bits per heavy atom. The van der Waals surface area contributed by atoms with Crippen LogP contribution in [-0.2, 0) is 0 Å². The fraction of sp³-hybridized carbons (Fsp3) is 0.136. The monoisotopic (exact) mass is 360 g/mol. The molecule has 27 heavy (non-hydrogen) atoms. The maximum Gasteiger partial charge on any atom is 0.161 e. The van der Waals surface area contributed by atoms with Gasteiger partial charge in [0.25, 0.3) is 0 Å². The molecule has 4 aromatic rings. The molecule has 0 bridgehead atoms. The molecule has 0 unspecified atom stereocenters. The molecular weight excluding hydrogens is 340 g/mol. The van der Waals surface area contributed by atoms with Gasteiger partial charge in [0.1, 0.15) is 11.4 Å². The van der Waals surface area contributed by atoms with Gasteiger partial charge >= 0.3 is 0 Å². The SMILES string of the molecule is COc1ccc(-c2c[nH]c3ncc(-c4ccc(OC)c(OC)c4)cc23)cc1. The molecular formula is C22H20N2O3. The summed E-state index contributed by atoms with van der Waals surface area (Å²) in [5.41, 5.74) is 5.09. The summed E-state index contributed by atoms with van der Waals surface area (Å²) in [5.74, 6) is 2.23. The molecule has 0 saturated heterocycles. The van der Waals surface area contributed by atoms with Crippen molar-refractivity contribution >= 4 is 11.0 Å². The van der Waals surface area contributed by atoms with E-state index in [1.54, 1.807) is 21.3 Å². The first kappa shape index (κ1) is 17.0. The highest BCUT2D eigenvalue weighted by atomic mass is 16.5. The number of nitrogens with zero attached hydrogens (tertiary/aromatic N) is 1. The largest absolute Gasteiger partial charge is 0.497 e. The van der Waals surface area contributed by atoms with Gasteiger partial charge in [-0.25, -0.2) is 4.98 Å². The van der Waals surface area contributed by atoms with Crippen LogP contribution in [0, 0.1) is 0 Å². The highest BCUT2D eigenvalue weighted by Crippen LogP contribution is 2.35. The van der Waals surface area contributed by atoms with E-state index in [1.807, 2.05) is 54.9 Å². The van der Waals surface area contributed by atoms with E-state index in [9.17, 15) is 0 Å². The number of fused-ring (bicyclic) bond motifs is 1. The molecule has 0 saturated carbocycles. The zero-order chi connectivity index (χ0) is 18.8. The number of methoxy groups -OCH3 is 3. The first-order chi connectivity index (χ1) is 13.2. The molecule has 0 amide bonds. The normalized spacial score (nSPS) is 10.8. The van der Waals surface area contributed by atoms with Gasteiger partial charge in [0.15, 0.2) is 11.5 Å². The number of aromatic nitrogens is 2. The summed E-state index contributed by atoms with van der Waals surface area (Å²) in [7, 11) is 4.93. The van der Waals surface area contributed by atoms with Gasteiger partial charge in [-0.05, 0) is 41.5 Å². The molecule has 0 radical (unpaired) electrons. The van der Waals surface area contributed by atoms with Crippen LogP contribution in [0.15, 0.2) is 60.9 Å². The molecule has 136 valence electrons. The third-order valence-electron chi connectivity index (χ3n) is 4.65. The van der Waals surface area contributed by atoms with Gasteiger partial charge < -0.3 is 19.2 Å². The highest BCUT2D eigenvalue weighted by Gasteiger charge is 2.11. The van der Waals surface area contributed by atoms with Crippen molar-refractivity contribution < 1.29 is 14.2 Å². The molecule has 0 aliphatic rings. The van der Waals surface area contributed by atoms with Crippen molar-refractivity contribution in [2.75, 3.05) is 21.3 Å². The maximum atomic E-state index is 5.42. The first-order valence-corrected chi connectivity index (χ1v) is 8.57. The van der Waals surface area contributed by atoms with Crippen LogP contribution < -0.4 is 14.2 Å². The van der Waals surface area contributed by atoms with Crippen molar-refractivity contribution in [3.63, 3.8) is 0 Å². The van der Waals surface area contributed by atoms with Crippen LogP contribution in [0.1, 0.15) is 0 Å². The second kappa shape index (κ2) is 7.03. The average Bonchev–Trinajstić information content (AvgIpc) is 3.16.